The predicted molar refractivity (Wildman–Crippen MR) is 72.9 cm³/mol. The maximum Gasteiger partial charge on any atom is 0.183 e. The molecule has 0 atom stereocenters. The van der Waals surface area contributed by atoms with Crippen LogP contribution in [0.4, 0.5) is 0 Å². The van der Waals surface area contributed by atoms with Gasteiger partial charge >= 0.3 is 0 Å². The van der Waals surface area contributed by atoms with Gasteiger partial charge in [0, 0.05) is 0 Å². The highest BCUT2D eigenvalue weighted by Gasteiger charge is 2.04. The fourth-order valence-corrected chi connectivity index (χ4v) is 1.69. The van der Waals surface area contributed by atoms with Gasteiger partial charge in [-0.25, -0.2) is 0 Å². The second kappa shape index (κ2) is 7.45. The van der Waals surface area contributed by atoms with Gasteiger partial charge in [0.25, 0.3) is 0 Å². The van der Waals surface area contributed by atoms with Crippen molar-refractivity contribution >= 4 is 16.9 Å². The molecule has 18 heavy (non-hydrogen) atoms. The summed E-state index contributed by atoms with van der Waals surface area (Å²) in [4.78, 5) is 4.28. The summed E-state index contributed by atoms with van der Waals surface area (Å²) in [7, 11) is 3.19. The number of rotatable bonds is 4. The first-order valence-electron chi connectivity index (χ1n) is 5.19. The Morgan fingerprint density at radius 3 is 2.67 bits per heavy atom. The van der Waals surface area contributed by atoms with Crippen LogP contribution in [0.3, 0.4) is 0 Å². The molecule has 0 heterocycles. The summed E-state index contributed by atoms with van der Waals surface area (Å²) in [5, 5.41) is 11.6. The number of hydrogen-bond acceptors (Lipinski definition) is 5. The van der Waals surface area contributed by atoms with Crippen molar-refractivity contribution in [1.29, 1.82) is 5.26 Å². The second-order valence-corrected chi connectivity index (χ2v) is 4.05. The van der Waals surface area contributed by atoms with E-state index in [-0.39, 0.29) is 0 Å². The van der Waals surface area contributed by atoms with Crippen LogP contribution in [0.5, 0.6) is 11.5 Å². The Kier molecular flexibility index (Phi) is 5.88. The highest BCUT2D eigenvalue weighted by Crippen LogP contribution is 2.27. The smallest absolute Gasteiger partial charge is 0.183 e. The summed E-state index contributed by atoms with van der Waals surface area (Å²) in [5.74, 6) is 1.36. The number of nitrogens with one attached hydrogen (secondary N) is 1. The fourth-order valence-electron chi connectivity index (χ4n) is 1.35. The van der Waals surface area contributed by atoms with Crippen molar-refractivity contribution in [2.24, 2.45) is 4.99 Å². The minimum absolute atomic E-state index is 0.477. The van der Waals surface area contributed by atoms with Gasteiger partial charge in [-0.2, -0.15) is 5.26 Å². The Morgan fingerprint density at radius 1 is 1.39 bits per heavy atom. The Labute approximate surface area is 111 Å². The van der Waals surface area contributed by atoms with E-state index in [0.717, 1.165) is 5.56 Å². The predicted octanol–water partition coefficient (Wildman–Crippen LogP) is 1.99. The van der Waals surface area contributed by atoms with Gasteiger partial charge in [0.05, 0.1) is 20.8 Å². The number of thioether (sulfide) groups is 1. The molecule has 96 valence electrons. The number of hydrogen-bond donors (Lipinski definition) is 1. The number of benzene rings is 1. The van der Waals surface area contributed by atoms with Crippen LogP contribution in [0.25, 0.3) is 0 Å². The van der Waals surface area contributed by atoms with Crippen molar-refractivity contribution in [1.82, 2.24) is 5.32 Å². The number of nitrogens with zero attached hydrogens (tertiary/aromatic N) is 2. The number of methoxy groups -OCH3 is 2. The SMILES string of the molecule is COc1ccc(CN=C(NC#N)SC)cc1OC. The molecule has 1 aromatic carbocycles. The third-order valence-corrected chi connectivity index (χ3v) is 2.83. The standard InChI is InChI=1S/C12H15N3O2S/c1-16-10-5-4-9(6-11(10)17-2)7-14-12(18-3)15-8-13/h4-6H,7H2,1-3H3,(H,14,15). The molecule has 0 fully saturated rings. The molecule has 0 aliphatic rings. The van der Waals surface area contributed by atoms with Crippen molar-refractivity contribution in [3.8, 4) is 17.7 Å². The molecule has 5 nitrogen and oxygen atoms in total. The fraction of sp³-hybridized carbons (Fsp3) is 0.333. The van der Waals surface area contributed by atoms with Crippen LogP contribution >= 0.6 is 11.8 Å². The van der Waals surface area contributed by atoms with E-state index in [1.807, 2.05) is 30.6 Å². The van der Waals surface area contributed by atoms with Crippen LogP contribution in [-0.2, 0) is 6.54 Å². The molecule has 0 spiro atoms. The van der Waals surface area contributed by atoms with Crippen LogP contribution in [0.1, 0.15) is 5.56 Å². The third kappa shape index (κ3) is 3.86. The second-order valence-electron chi connectivity index (χ2n) is 3.25. The van der Waals surface area contributed by atoms with Gasteiger partial charge in [0.1, 0.15) is 0 Å². The monoisotopic (exact) mass is 265 g/mol. The Balaban J connectivity index is 2.82. The van der Waals surface area contributed by atoms with Crippen molar-refractivity contribution < 1.29 is 9.47 Å². The summed E-state index contributed by atoms with van der Waals surface area (Å²) >= 11 is 1.39. The molecule has 6 heteroatoms. The summed E-state index contributed by atoms with van der Waals surface area (Å²) < 4.78 is 10.4. The summed E-state index contributed by atoms with van der Waals surface area (Å²) in [6.45, 7) is 0.477. The molecular weight excluding hydrogens is 250 g/mol. The minimum atomic E-state index is 0.477. The quantitative estimate of drug-likeness (QED) is 0.390. The van der Waals surface area contributed by atoms with E-state index >= 15 is 0 Å². The van der Waals surface area contributed by atoms with E-state index in [2.05, 4.69) is 10.3 Å². The first kappa shape index (κ1) is 14.2. The maximum atomic E-state index is 8.52. The number of amidine groups is 1. The van der Waals surface area contributed by atoms with E-state index in [4.69, 9.17) is 14.7 Å². The molecule has 0 aliphatic carbocycles. The number of nitriles is 1. The van der Waals surface area contributed by atoms with Gasteiger partial charge in [-0.05, 0) is 24.0 Å². The molecule has 0 unspecified atom stereocenters. The Morgan fingerprint density at radius 2 is 2.11 bits per heavy atom. The normalized spacial score (nSPS) is 10.7. The molecule has 1 rings (SSSR count). The minimum Gasteiger partial charge on any atom is -0.493 e. The third-order valence-electron chi connectivity index (χ3n) is 2.21. The molecule has 0 bridgehead atoms. The molecule has 0 amide bonds. The van der Waals surface area contributed by atoms with Gasteiger partial charge in [-0.1, -0.05) is 17.8 Å². The Bertz CT molecular complexity index is 469. The van der Waals surface area contributed by atoms with Gasteiger partial charge < -0.3 is 9.47 Å². The van der Waals surface area contributed by atoms with E-state index in [1.165, 1.54) is 11.8 Å². The summed E-state index contributed by atoms with van der Waals surface area (Å²) in [5.41, 5.74) is 0.985. The molecule has 0 aliphatic heterocycles. The number of aliphatic imine (C=N–C) groups is 1. The lowest BCUT2D eigenvalue weighted by atomic mass is 10.2. The number of ether oxygens (including phenoxy) is 2. The largest absolute Gasteiger partial charge is 0.493 e. The van der Waals surface area contributed by atoms with E-state index in [1.54, 1.807) is 14.2 Å². The van der Waals surface area contributed by atoms with Crippen molar-refractivity contribution in [2.75, 3.05) is 20.5 Å². The first-order chi connectivity index (χ1) is 8.74. The lowest BCUT2D eigenvalue weighted by Gasteiger charge is -2.08. The van der Waals surface area contributed by atoms with Crippen LogP contribution in [-0.4, -0.2) is 25.6 Å². The zero-order valence-electron chi connectivity index (χ0n) is 10.6. The van der Waals surface area contributed by atoms with Crippen LogP contribution < -0.4 is 14.8 Å². The van der Waals surface area contributed by atoms with Gasteiger partial charge in [0.2, 0.25) is 0 Å². The van der Waals surface area contributed by atoms with Gasteiger partial charge in [-0.3, -0.25) is 10.3 Å². The lowest BCUT2D eigenvalue weighted by molar-refractivity contribution is 0.354. The topological polar surface area (TPSA) is 66.6 Å². The zero-order valence-corrected chi connectivity index (χ0v) is 11.4. The van der Waals surface area contributed by atoms with Crippen molar-refractivity contribution in [2.45, 2.75) is 6.54 Å². The molecule has 1 N–H and O–H groups in total. The van der Waals surface area contributed by atoms with E-state index < -0.39 is 0 Å². The molecule has 0 saturated carbocycles. The molecule has 0 saturated heterocycles. The van der Waals surface area contributed by atoms with Gasteiger partial charge in [0.15, 0.2) is 22.9 Å². The average Bonchev–Trinajstić information content (AvgIpc) is 2.42. The maximum absolute atomic E-state index is 8.52. The van der Waals surface area contributed by atoms with E-state index in [0.29, 0.717) is 23.2 Å². The molecular formula is C12H15N3O2S. The summed E-state index contributed by atoms with van der Waals surface area (Å²) in [6, 6.07) is 5.61. The van der Waals surface area contributed by atoms with Crippen LogP contribution in [0, 0.1) is 11.5 Å². The zero-order chi connectivity index (χ0) is 13.4. The highest BCUT2D eigenvalue weighted by molar-refractivity contribution is 8.13. The Hall–Kier alpha value is -1.87. The van der Waals surface area contributed by atoms with Crippen molar-refractivity contribution in [3.05, 3.63) is 23.8 Å². The lowest BCUT2D eigenvalue weighted by Crippen LogP contribution is -2.13. The van der Waals surface area contributed by atoms with Crippen molar-refractivity contribution in [3.63, 3.8) is 0 Å². The average molecular weight is 265 g/mol. The van der Waals surface area contributed by atoms with E-state index in [9.17, 15) is 0 Å². The van der Waals surface area contributed by atoms with Gasteiger partial charge in [-0.15, -0.1) is 0 Å². The molecule has 0 aromatic heterocycles. The molecule has 1 aromatic rings. The molecule has 0 radical (unpaired) electrons. The summed E-state index contributed by atoms with van der Waals surface area (Å²) in [6.07, 6.45) is 3.71. The first-order valence-corrected chi connectivity index (χ1v) is 6.42. The van der Waals surface area contributed by atoms with Crippen LogP contribution in [0.2, 0.25) is 0 Å². The highest BCUT2D eigenvalue weighted by atomic mass is 32.2. The van der Waals surface area contributed by atoms with Crippen LogP contribution in [0.15, 0.2) is 23.2 Å².